The highest BCUT2D eigenvalue weighted by Crippen LogP contribution is 2.29. The maximum Gasteiger partial charge on any atom is 0.0717 e. The Hall–Kier alpha value is -1.07. The van der Waals surface area contributed by atoms with Crippen LogP contribution in [0.1, 0.15) is 5.56 Å². The fraction of sp³-hybridized carbons (Fsp3) is 0.0909. The molecule has 2 rings (SSSR count). The smallest absolute Gasteiger partial charge is 0.0717 e. The minimum atomic E-state index is 0.919. The maximum atomic E-state index is 8.09. The van der Waals surface area contributed by atoms with E-state index in [1.807, 2.05) is 31.2 Å². The van der Waals surface area contributed by atoms with E-state index in [9.17, 15) is 0 Å². The molecule has 2 aromatic carbocycles. The lowest BCUT2D eigenvalue weighted by atomic mass is 10.1. The lowest BCUT2D eigenvalue weighted by Gasteiger charge is -2.06. The fourth-order valence-corrected chi connectivity index (χ4v) is 2.01. The lowest BCUT2D eigenvalue weighted by Crippen LogP contribution is -1.85. The third-order valence-electron chi connectivity index (χ3n) is 2.30. The molecule has 3 nitrogen and oxygen atoms in total. The number of benzene rings is 2. The topological polar surface area (TPSA) is 38.7 Å². The van der Waals surface area contributed by atoms with E-state index in [-0.39, 0.29) is 0 Å². The number of fused-ring (bicyclic) bond motifs is 1. The van der Waals surface area contributed by atoms with Crippen molar-refractivity contribution in [1.29, 1.82) is 0 Å². The summed E-state index contributed by atoms with van der Waals surface area (Å²) in [4.78, 5) is 0.919. The van der Waals surface area contributed by atoms with Crippen molar-refractivity contribution in [2.24, 2.45) is 0 Å². The summed E-state index contributed by atoms with van der Waals surface area (Å²) in [5.41, 5.74) is 1.11. The van der Waals surface area contributed by atoms with Gasteiger partial charge in [-0.25, -0.2) is 5.26 Å². The summed E-state index contributed by atoms with van der Waals surface area (Å²) in [7, 11) is 0. The maximum absolute atomic E-state index is 8.09. The Morgan fingerprint density at radius 1 is 1.13 bits per heavy atom. The monoisotopic (exact) mass is 222 g/mol. The van der Waals surface area contributed by atoms with Crippen LogP contribution in [0.3, 0.4) is 0 Å². The van der Waals surface area contributed by atoms with Gasteiger partial charge in [-0.15, -0.1) is 4.33 Å². The molecule has 0 aliphatic carbocycles. The van der Waals surface area contributed by atoms with E-state index in [2.05, 4.69) is 21.5 Å². The molecule has 78 valence electrons. The van der Waals surface area contributed by atoms with Gasteiger partial charge in [0, 0.05) is 4.90 Å². The Morgan fingerprint density at radius 3 is 2.73 bits per heavy atom. The molecule has 0 aliphatic rings. The lowest BCUT2D eigenvalue weighted by molar-refractivity contribution is -0.432. The molecule has 0 atom stereocenters. The van der Waals surface area contributed by atoms with Crippen molar-refractivity contribution in [3.05, 3.63) is 42.0 Å². The molecule has 2 aromatic rings. The molecule has 0 aromatic heterocycles. The second kappa shape index (κ2) is 4.63. The van der Waals surface area contributed by atoms with Crippen LogP contribution in [0.5, 0.6) is 0 Å². The summed E-state index contributed by atoms with van der Waals surface area (Å²) in [5.74, 6) is 0. The fourth-order valence-electron chi connectivity index (χ4n) is 1.55. The molecule has 0 spiro atoms. The average molecular weight is 222 g/mol. The van der Waals surface area contributed by atoms with Gasteiger partial charge in [-0.05, 0) is 29.3 Å². The predicted molar refractivity (Wildman–Crippen MR) is 59.3 cm³/mol. The molecular formula is C11H10O3S. The van der Waals surface area contributed by atoms with Gasteiger partial charge in [-0.2, -0.15) is 0 Å². The summed E-state index contributed by atoms with van der Waals surface area (Å²) in [5, 5.41) is 14.0. The first-order chi connectivity index (χ1) is 7.33. The van der Waals surface area contributed by atoms with E-state index in [1.165, 1.54) is 10.8 Å². The van der Waals surface area contributed by atoms with Gasteiger partial charge >= 0.3 is 0 Å². The van der Waals surface area contributed by atoms with Crippen LogP contribution in [-0.4, -0.2) is 5.26 Å². The Labute approximate surface area is 91.7 Å². The number of hydrogen-bond acceptors (Lipinski definition) is 4. The second-order valence-electron chi connectivity index (χ2n) is 3.14. The van der Waals surface area contributed by atoms with E-state index in [0.29, 0.717) is 0 Å². The van der Waals surface area contributed by atoms with Crippen molar-refractivity contribution in [1.82, 2.24) is 0 Å². The summed E-state index contributed by atoms with van der Waals surface area (Å²) in [6, 6.07) is 12.0. The molecule has 0 aliphatic heterocycles. The van der Waals surface area contributed by atoms with Gasteiger partial charge in [0.1, 0.15) is 0 Å². The molecule has 0 saturated heterocycles. The largest absolute Gasteiger partial charge is 0.220 e. The predicted octanol–water partition coefficient (Wildman–Crippen LogP) is 3.58. The van der Waals surface area contributed by atoms with Crippen LogP contribution in [0.25, 0.3) is 10.8 Å². The van der Waals surface area contributed by atoms with Gasteiger partial charge in [0.25, 0.3) is 0 Å². The molecule has 0 bridgehead atoms. The first-order valence-corrected chi connectivity index (χ1v) is 5.20. The zero-order chi connectivity index (χ0) is 10.7. The number of aryl methyl sites for hydroxylation is 1. The van der Waals surface area contributed by atoms with Gasteiger partial charge in [-0.3, -0.25) is 0 Å². The van der Waals surface area contributed by atoms with Crippen LogP contribution in [0.2, 0.25) is 0 Å². The third-order valence-corrected chi connectivity index (χ3v) is 3.05. The summed E-state index contributed by atoms with van der Waals surface area (Å²) < 4.78 is 4.42. The molecule has 0 radical (unpaired) electrons. The van der Waals surface area contributed by atoms with Gasteiger partial charge in [-0.1, -0.05) is 35.4 Å². The molecule has 0 heterocycles. The van der Waals surface area contributed by atoms with Gasteiger partial charge in [0.15, 0.2) is 0 Å². The van der Waals surface area contributed by atoms with Crippen molar-refractivity contribution < 1.29 is 14.6 Å². The normalized spacial score (nSPS) is 10.8. The van der Waals surface area contributed by atoms with Crippen molar-refractivity contribution in [3.8, 4) is 0 Å². The molecule has 4 heteroatoms. The van der Waals surface area contributed by atoms with E-state index >= 15 is 0 Å². The van der Waals surface area contributed by atoms with Crippen LogP contribution >= 0.6 is 12.0 Å². The molecule has 0 fully saturated rings. The highest BCUT2D eigenvalue weighted by atomic mass is 32.2. The summed E-state index contributed by atoms with van der Waals surface area (Å²) in [6.45, 7) is 2.01. The van der Waals surface area contributed by atoms with Crippen molar-refractivity contribution in [3.63, 3.8) is 0 Å². The SMILES string of the molecule is Cc1c(SOOO)ccc2ccccc12. The highest BCUT2D eigenvalue weighted by Gasteiger charge is 2.04. The van der Waals surface area contributed by atoms with Crippen molar-refractivity contribution in [2.45, 2.75) is 11.8 Å². The molecule has 1 N–H and O–H groups in total. The molecule has 15 heavy (non-hydrogen) atoms. The first-order valence-electron chi connectivity index (χ1n) is 4.46. The average Bonchev–Trinajstić information content (AvgIpc) is 2.29. The Bertz CT molecular complexity index is 470. The minimum absolute atomic E-state index is 0.919. The first kappa shape index (κ1) is 10.4. The zero-order valence-electron chi connectivity index (χ0n) is 8.14. The Balaban J connectivity index is 2.45. The summed E-state index contributed by atoms with van der Waals surface area (Å²) >= 11 is 0.990. The van der Waals surface area contributed by atoms with Crippen LogP contribution in [0, 0.1) is 6.92 Å². The highest BCUT2D eigenvalue weighted by molar-refractivity contribution is 7.94. The number of rotatable bonds is 3. The van der Waals surface area contributed by atoms with Gasteiger partial charge < -0.3 is 0 Å². The van der Waals surface area contributed by atoms with Crippen LogP contribution < -0.4 is 0 Å². The van der Waals surface area contributed by atoms with Crippen molar-refractivity contribution in [2.75, 3.05) is 0 Å². The molecular weight excluding hydrogens is 212 g/mol. The summed E-state index contributed by atoms with van der Waals surface area (Å²) in [6.07, 6.45) is 0. The van der Waals surface area contributed by atoms with Gasteiger partial charge in [0.2, 0.25) is 0 Å². The van der Waals surface area contributed by atoms with E-state index in [1.54, 1.807) is 0 Å². The molecule has 0 saturated carbocycles. The zero-order valence-corrected chi connectivity index (χ0v) is 8.95. The third kappa shape index (κ3) is 2.13. The Morgan fingerprint density at radius 2 is 1.93 bits per heavy atom. The van der Waals surface area contributed by atoms with Crippen LogP contribution in [0.4, 0.5) is 0 Å². The van der Waals surface area contributed by atoms with E-state index in [0.717, 1.165) is 22.5 Å². The standard InChI is InChI=1S/C11H10O3S/c1-8-10-5-3-2-4-9(10)6-7-11(8)15-14-13-12/h2-7,12H,1H3. The quantitative estimate of drug-likeness (QED) is 0.489. The van der Waals surface area contributed by atoms with Crippen LogP contribution in [-0.2, 0) is 9.37 Å². The minimum Gasteiger partial charge on any atom is -0.220 e. The molecule has 0 unspecified atom stereocenters. The number of hydrogen-bond donors (Lipinski definition) is 1. The molecule has 0 amide bonds. The van der Waals surface area contributed by atoms with E-state index < -0.39 is 0 Å². The van der Waals surface area contributed by atoms with Crippen molar-refractivity contribution >= 4 is 22.8 Å². The van der Waals surface area contributed by atoms with Gasteiger partial charge in [0.05, 0.1) is 12.0 Å². The second-order valence-corrected chi connectivity index (χ2v) is 3.88. The van der Waals surface area contributed by atoms with E-state index in [4.69, 9.17) is 5.26 Å². The Kier molecular flexibility index (Phi) is 3.23. The van der Waals surface area contributed by atoms with Crippen LogP contribution in [0.15, 0.2) is 41.3 Å².